The first kappa shape index (κ1) is 13.5. The number of amides is 1. The van der Waals surface area contributed by atoms with Crippen LogP contribution in [0.2, 0.25) is 0 Å². The number of hydrogen-bond donors (Lipinski definition) is 2. The number of aryl methyl sites for hydroxylation is 1. The molecule has 4 nitrogen and oxygen atoms in total. The van der Waals surface area contributed by atoms with Gasteiger partial charge in [0.25, 0.3) is 0 Å². The second-order valence-electron chi connectivity index (χ2n) is 4.81. The number of anilines is 1. The van der Waals surface area contributed by atoms with Crippen LogP contribution in [0.15, 0.2) is 30.3 Å². The van der Waals surface area contributed by atoms with E-state index in [0.717, 1.165) is 16.1 Å². The summed E-state index contributed by atoms with van der Waals surface area (Å²) in [5, 5.41) is 0.513. The predicted octanol–water partition coefficient (Wildman–Crippen LogP) is 2.22. The number of nitrogens with two attached hydrogens (primary N) is 2. The predicted molar refractivity (Wildman–Crippen MR) is 78.0 cm³/mol. The van der Waals surface area contributed by atoms with Gasteiger partial charge in [-0.25, -0.2) is 4.98 Å². The van der Waals surface area contributed by atoms with Crippen LogP contribution in [-0.4, -0.2) is 10.9 Å². The van der Waals surface area contributed by atoms with Crippen LogP contribution >= 0.6 is 11.3 Å². The number of primary amides is 1. The molecule has 100 valence electrons. The molecule has 0 aliphatic carbocycles. The van der Waals surface area contributed by atoms with E-state index in [1.807, 2.05) is 44.2 Å². The minimum absolute atomic E-state index is 0.236. The van der Waals surface area contributed by atoms with Gasteiger partial charge in [0.05, 0.1) is 5.69 Å². The van der Waals surface area contributed by atoms with Gasteiger partial charge >= 0.3 is 0 Å². The molecule has 0 aliphatic heterocycles. The number of nitrogens with zero attached hydrogens (tertiary/aromatic N) is 1. The number of rotatable bonds is 4. The van der Waals surface area contributed by atoms with Gasteiger partial charge in [0.2, 0.25) is 5.91 Å². The van der Waals surface area contributed by atoms with Crippen LogP contribution in [-0.2, 0) is 10.2 Å². The second-order valence-corrected chi connectivity index (χ2v) is 5.84. The Morgan fingerprint density at radius 1 is 1.37 bits per heavy atom. The Morgan fingerprint density at radius 3 is 2.47 bits per heavy atom. The summed E-state index contributed by atoms with van der Waals surface area (Å²) in [5.41, 5.74) is 12.6. The van der Waals surface area contributed by atoms with Gasteiger partial charge in [-0.05, 0) is 12.5 Å². The van der Waals surface area contributed by atoms with E-state index in [4.69, 9.17) is 11.5 Å². The van der Waals surface area contributed by atoms with E-state index in [0.29, 0.717) is 5.13 Å². The molecule has 0 radical (unpaired) electrons. The lowest BCUT2D eigenvalue weighted by atomic mass is 9.77. The highest BCUT2D eigenvalue weighted by Crippen LogP contribution is 2.40. The lowest BCUT2D eigenvalue weighted by Gasteiger charge is -2.28. The summed E-state index contributed by atoms with van der Waals surface area (Å²) in [7, 11) is 0. The highest BCUT2D eigenvalue weighted by Gasteiger charge is 2.34. The molecule has 19 heavy (non-hydrogen) atoms. The molecule has 1 aromatic heterocycles. The van der Waals surface area contributed by atoms with Crippen molar-refractivity contribution in [1.29, 1.82) is 0 Å². The first-order valence-electron chi connectivity index (χ1n) is 6.00. The molecule has 0 saturated carbocycles. The quantitative estimate of drug-likeness (QED) is 0.897. The van der Waals surface area contributed by atoms with Crippen molar-refractivity contribution in [2.75, 3.05) is 5.73 Å². The van der Waals surface area contributed by atoms with Crippen molar-refractivity contribution in [1.82, 2.24) is 4.98 Å². The van der Waals surface area contributed by atoms with E-state index in [1.54, 1.807) is 0 Å². The number of carbonyl (C=O) groups is 1. The molecule has 2 aromatic rings. The van der Waals surface area contributed by atoms with Gasteiger partial charge in [0.1, 0.15) is 0 Å². The van der Waals surface area contributed by atoms with Crippen molar-refractivity contribution in [3.63, 3.8) is 0 Å². The smallest absolute Gasteiger partial charge is 0.218 e. The Balaban J connectivity index is 2.58. The standard InChI is InChI=1S/C14H17N3OS/c1-9-12(19-13(16)17-9)14(2,8-11(15)18)10-6-4-3-5-7-10/h3-7H,8H2,1-2H3,(H2,15,18)(H2,16,17). The van der Waals surface area contributed by atoms with Gasteiger partial charge in [-0.15, -0.1) is 11.3 Å². The second kappa shape index (κ2) is 5.01. The fourth-order valence-corrected chi connectivity index (χ4v) is 3.40. The number of aromatic nitrogens is 1. The van der Waals surface area contributed by atoms with Crippen LogP contribution in [0, 0.1) is 6.92 Å². The first-order chi connectivity index (χ1) is 8.93. The average Bonchev–Trinajstić information content (AvgIpc) is 2.69. The van der Waals surface area contributed by atoms with Crippen LogP contribution in [0.1, 0.15) is 29.5 Å². The largest absolute Gasteiger partial charge is 0.375 e. The number of benzene rings is 1. The van der Waals surface area contributed by atoms with Gasteiger partial charge in [0.15, 0.2) is 5.13 Å². The van der Waals surface area contributed by atoms with E-state index < -0.39 is 5.41 Å². The van der Waals surface area contributed by atoms with Crippen molar-refractivity contribution >= 4 is 22.4 Å². The Bertz CT molecular complexity index is 594. The highest BCUT2D eigenvalue weighted by molar-refractivity contribution is 7.15. The number of hydrogen-bond acceptors (Lipinski definition) is 4. The molecule has 1 unspecified atom stereocenters. The van der Waals surface area contributed by atoms with Crippen molar-refractivity contribution < 1.29 is 4.79 Å². The molecular weight excluding hydrogens is 258 g/mol. The lowest BCUT2D eigenvalue weighted by molar-refractivity contribution is -0.118. The summed E-state index contributed by atoms with van der Waals surface area (Å²) in [4.78, 5) is 16.7. The zero-order valence-corrected chi connectivity index (χ0v) is 11.8. The zero-order valence-electron chi connectivity index (χ0n) is 11.0. The maximum absolute atomic E-state index is 11.5. The topological polar surface area (TPSA) is 82.0 Å². The summed E-state index contributed by atoms with van der Waals surface area (Å²) in [6.07, 6.45) is 0.236. The molecule has 0 spiro atoms. The van der Waals surface area contributed by atoms with E-state index in [9.17, 15) is 4.79 Å². The maximum Gasteiger partial charge on any atom is 0.218 e. The summed E-state index contributed by atoms with van der Waals surface area (Å²) >= 11 is 1.42. The van der Waals surface area contributed by atoms with Gasteiger partial charge < -0.3 is 11.5 Å². The van der Waals surface area contributed by atoms with Gasteiger partial charge in [0, 0.05) is 16.7 Å². The van der Waals surface area contributed by atoms with Crippen molar-refractivity contribution in [2.24, 2.45) is 5.73 Å². The fraction of sp³-hybridized carbons (Fsp3) is 0.286. The third-order valence-electron chi connectivity index (χ3n) is 3.25. The number of nitrogen functional groups attached to an aromatic ring is 1. The summed E-state index contributed by atoms with van der Waals surface area (Å²) in [6.45, 7) is 3.91. The van der Waals surface area contributed by atoms with E-state index >= 15 is 0 Å². The Kier molecular flexibility index (Phi) is 3.57. The molecule has 0 saturated heterocycles. The van der Waals surface area contributed by atoms with Crippen LogP contribution in [0.5, 0.6) is 0 Å². The Hall–Kier alpha value is -1.88. The molecule has 1 aromatic carbocycles. The lowest BCUT2D eigenvalue weighted by Crippen LogP contribution is -2.30. The molecule has 0 bridgehead atoms. The molecule has 1 atom stereocenters. The monoisotopic (exact) mass is 275 g/mol. The van der Waals surface area contributed by atoms with E-state index in [1.165, 1.54) is 11.3 Å². The minimum Gasteiger partial charge on any atom is -0.375 e. The SMILES string of the molecule is Cc1nc(N)sc1C(C)(CC(N)=O)c1ccccc1. The third kappa shape index (κ3) is 2.61. The van der Waals surface area contributed by atoms with Crippen molar-refractivity contribution in [3.8, 4) is 0 Å². The summed E-state index contributed by atoms with van der Waals surface area (Å²) in [5.74, 6) is -0.335. The Morgan fingerprint density at radius 2 is 2.00 bits per heavy atom. The van der Waals surface area contributed by atoms with Crippen molar-refractivity contribution in [3.05, 3.63) is 46.5 Å². The molecule has 2 rings (SSSR count). The van der Waals surface area contributed by atoms with Crippen LogP contribution in [0.3, 0.4) is 0 Å². The van der Waals surface area contributed by atoms with Crippen molar-refractivity contribution in [2.45, 2.75) is 25.7 Å². The molecule has 0 fully saturated rings. The minimum atomic E-state index is -0.480. The molecule has 0 aliphatic rings. The summed E-state index contributed by atoms with van der Waals surface area (Å²) in [6, 6.07) is 9.85. The van der Waals surface area contributed by atoms with Gasteiger partial charge in [-0.3, -0.25) is 4.79 Å². The van der Waals surface area contributed by atoms with Crippen LogP contribution in [0.25, 0.3) is 0 Å². The Labute approximate surface area is 116 Å². The van der Waals surface area contributed by atoms with E-state index in [-0.39, 0.29) is 12.3 Å². The number of thiazole rings is 1. The fourth-order valence-electron chi connectivity index (χ4n) is 2.40. The number of carbonyl (C=O) groups excluding carboxylic acids is 1. The van der Waals surface area contributed by atoms with Crippen LogP contribution < -0.4 is 11.5 Å². The third-order valence-corrected chi connectivity index (χ3v) is 4.50. The van der Waals surface area contributed by atoms with E-state index in [2.05, 4.69) is 4.98 Å². The molecule has 5 heteroatoms. The molecule has 1 amide bonds. The summed E-state index contributed by atoms with van der Waals surface area (Å²) < 4.78 is 0. The van der Waals surface area contributed by atoms with Gasteiger partial charge in [-0.1, -0.05) is 37.3 Å². The normalized spacial score (nSPS) is 14.0. The average molecular weight is 275 g/mol. The first-order valence-corrected chi connectivity index (χ1v) is 6.82. The van der Waals surface area contributed by atoms with Crippen LogP contribution in [0.4, 0.5) is 5.13 Å². The zero-order chi connectivity index (χ0) is 14.0. The van der Waals surface area contributed by atoms with Gasteiger partial charge in [-0.2, -0.15) is 0 Å². The molecule has 1 heterocycles. The maximum atomic E-state index is 11.5. The molecule has 4 N–H and O–H groups in total. The molecular formula is C14H17N3OS. The highest BCUT2D eigenvalue weighted by atomic mass is 32.1.